The van der Waals surface area contributed by atoms with E-state index in [1.54, 1.807) is 0 Å². The van der Waals surface area contributed by atoms with Crippen LogP contribution < -0.4 is 4.90 Å². The third-order valence-electron chi connectivity index (χ3n) is 3.77. The predicted octanol–water partition coefficient (Wildman–Crippen LogP) is 2.92. The molecule has 1 aromatic carbocycles. The van der Waals surface area contributed by atoms with E-state index in [1.807, 2.05) is 12.1 Å². The quantitative estimate of drug-likeness (QED) is 0.748. The molecule has 0 aromatic heterocycles. The molecule has 0 bridgehead atoms. The average molecular weight is 361 g/mol. The lowest BCUT2D eigenvalue weighted by Gasteiger charge is -2.37. The van der Waals surface area contributed by atoms with Crippen molar-refractivity contribution < 1.29 is 0 Å². The topological polar surface area (TPSA) is 9.72 Å². The molecule has 1 aliphatic heterocycles. The molecule has 0 N–H and O–H groups in total. The minimum atomic E-state index is 0.851. The van der Waals surface area contributed by atoms with E-state index >= 15 is 0 Å². The zero-order valence-electron chi connectivity index (χ0n) is 12.3. The molecule has 1 aliphatic rings. The maximum Gasteiger partial charge on any atom is 0.0642 e. The van der Waals surface area contributed by atoms with Crippen molar-refractivity contribution in [3.63, 3.8) is 0 Å². The van der Waals surface area contributed by atoms with E-state index in [1.165, 1.54) is 11.3 Å². The molecule has 20 heavy (non-hydrogen) atoms. The number of rotatable bonds is 5. The Morgan fingerprint density at radius 1 is 1.20 bits per heavy atom. The Bertz CT molecular complexity index is 431. The second kappa shape index (κ2) is 7.64. The van der Waals surface area contributed by atoms with Crippen molar-refractivity contribution in [3.05, 3.63) is 28.8 Å². The molecule has 0 unspecified atom stereocenters. The molecule has 112 valence electrons. The first kappa shape index (κ1) is 16.1. The summed E-state index contributed by atoms with van der Waals surface area (Å²) in [6, 6.07) is 6.16. The Morgan fingerprint density at radius 3 is 2.50 bits per heavy atom. The summed E-state index contributed by atoms with van der Waals surface area (Å²) in [5, 5.41) is 1.72. The van der Waals surface area contributed by atoms with Crippen LogP contribution >= 0.6 is 27.5 Å². The van der Waals surface area contributed by atoms with Crippen LogP contribution in [-0.2, 0) is 5.33 Å². The number of piperazine rings is 1. The zero-order chi connectivity index (χ0) is 14.5. The van der Waals surface area contributed by atoms with Crippen molar-refractivity contribution >= 4 is 33.2 Å². The Kier molecular flexibility index (Phi) is 6.15. The summed E-state index contributed by atoms with van der Waals surface area (Å²) in [7, 11) is 4.25. The van der Waals surface area contributed by atoms with Crippen LogP contribution in [0.1, 0.15) is 5.56 Å². The highest BCUT2D eigenvalue weighted by molar-refractivity contribution is 9.08. The predicted molar refractivity (Wildman–Crippen MR) is 91.3 cm³/mol. The molecule has 1 heterocycles. The van der Waals surface area contributed by atoms with Crippen LogP contribution in [0.25, 0.3) is 0 Å². The van der Waals surface area contributed by atoms with E-state index in [9.17, 15) is 0 Å². The largest absolute Gasteiger partial charge is 0.368 e. The van der Waals surface area contributed by atoms with Crippen LogP contribution in [0.2, 0.25) is 5.02 Å². The maximum absolute atomic E-state index is 6.40. The smallest absolute Gasteiger partial charge is 0.0642 e. The molecule has 0 saturated carbocycles. The van der Waals surface area contributed by atoms with E-state index in [0.717, 1.165) is 49.6 Å². The highest BCUT2D eigenvalue weighted by Crippen LogP contribution is 2.32. The summed E-state index contributed by atoms with van der Waals surface area (Å²) in [5.74, 6) is 0. The average Bonchev–Trinajstić information content (AvgIpc) is 2.45. The van der Waals surface area contributed by atoms with E-state index in [-0.39, 0.29) is 0 Å². The minimum Gasteiger partial charge on any atom is -0.368 e. The van der Waals surface area contributed by atoms with Crippen molar-refractivity contribution in [1.29, 1.82) is 0 Å². The van der Waals surface area contributed by atoms with Gasteiger partial charge in [0, 0.05) is 44.6 Å². The third kappa shape index (κ3) is 4.10. The third-order valence-corrected chi connectivity index (χ3v) is 4.68. The first-order valence-corrected chi connectivity index (χ1v) is 8.57. The van der Waals surface area contributed by atoms with Gasteiger partial charge in [0.05, 0.1) is 10.7 Å². The van der Waals surface area contributed by atoms with Gasteiger partial charge in [-0.15, -0.1) is 0 Å². The Morgan fingerprint density at radius 2 is 1.90 bits per heavy atom. The zero-order valence-corrected chi connectivity index (χ0v) is 14.6. The fraction of sp³-hybridized carbons (Fsp3) is 0.600. The van der Waals surface area contributed by atoms with Gasteiger partial charge in [-0.2, -0.15) is 0 Å². The van der Waals surface area contributed by atoms with Gasteiger partial charge in [-0.05, 0) is 25.7 Å². The Labute approximate surface area is 135 Å². The molecule has 0 atom stereocenters. The standard InChI is InChI=1S/C15H23BrClN3/c1-18(2)6-7-19-8-10-20(11-9-19)15-13(12-16)4-3-5-14(15)17/h3-5H,6-12H2,1-2H3. The van der Waals surface area contributed by atoms with Crippen molar-refractivity contribution in [1.82, 2.24) is 9.80 Å². The number of halogens is 2. The van der Waals surface area contributed by atoms with Gasteiger partial charge in [-0.3, -0.25) is 4.90 Å². The van der Waals surface area contributed by atoms with Gasteiger partial charge >= 0.3 is 0 Å². The van der Waals surface area contributed by atoms with Gasteiger partial charge in [-0.25, -0.2) is 0 Å². The van der Waals surface area contributed by atoms with Crippen molar-refractivity contribution in [2.45, 2.75) is 5.33 Å². The molecule has 1 fully saturated rings. The van der Waals surface area contributed by atoms with Crippen molar-refractivity contribution in [3.8, 4) is 0 Å². The summed E-state index contributed by atoms with van der Waals surface area (Å²) >= 11 is 9.96. The van der Waals surface area contributed by atoms with Gasteiger partial charge in [0.2, 0.25) is 0 Å². The highest BCUT2D eigenvalue weighted by atomic mass is 79.9. The number of para-hydroxylation sites is 1. The molecule has 0 radical (unpaired) electrons. The normalized spacial score (nSPS) is 16.9. The monoisotopic (exact) mass is 359 g/mol. The number of benzene rings is 1. The molecular weight excluding hydrogens is 338 g/mol. The molecule has 5 heteroatoms. The molecule has 0 aliphatic carbocycles. The van der Waals surface area contributed by atoms with Crippen LogP contribution in [-0.4, -0.2) is 63.2 Å². The van der Waals surface area contributed by atoms with Gasteiger partial charge in [0.1, 0.15) is 0 Å². The number of hydrogen-bond donors (Lipinski definition) is 0. The Balaban J connectivity index is 1.97. The molecule has 0 spiro atoms. The van der Waals surface area contributed by atoms with Gasteiger partial charge in [0.15, 0.2) is 0 Å². The van der Waals surface area contributed by atoms with Crippen LogP contribution in [0.5, 0.6) is 0 Å². The summed E-state index contributed by atoms with van der Waals surface area (Å²) < 4.78 is 0. The lowest BCUT2D eigenvalue weighted by molar-refractivity contribution is 0.229. The number of anilines is 1. The Hall–Kier alpha value is -0.290. The van der Waals surface area contributed by atoms with Gasteiger partial charge in [0.25, 0.3) is 0 Å². The van der Waals surface area contributed by atoms with Crippen LogP contribution in [0.15, 0.2) is 18.2 Å². The SMILES string of the molecule is CN(C)CCN1CCN(c2c(Cl)cccc2CBr)CC1. The molecule has 3 nitrogen and oxygen atoms in total. The summed E-state index contributed by atoms with van der Waals surface area (Å²) in [4.78, 5) is 7.19. The molecule has 2 rings (SSSR count). The second-order valence-electron chi connectivity index (χ2n) is 5.51. The van der Waals surface area contributed by atoms with Gasteiger partial charge in [-0.1, -0.05) is 39.7 Å². The number of likely N-dealkylation sites (N-methyl/N-ethyl adjacent to an activating group) is 1. The summed E-state index contributed by atoms with van der Waals surface area (Å²) in [6.45, 7) is 6.60. The fourth-order valence-corrected chi connectivity index (χ4v) is 3.32. The highest BCUT2D eigenvalue weighted by Gasteiger charge is 2.20. The van der Waals surface area contributed by atoms with Crippen molar-refractivity contribution in [2.75, 3.05) is 58.3 Å². The second-order valence-corrected chi connectivity index (χ2v) is 6.48. The van der Waals surface area contributed by atoms with E-state index in [0.29, 0.717) is 0 Å². The van der Waals surface area contributed by atoms with E-state index in [4.69, 9.17) is 11.6 Å². The molecular formula is C15H23BrClN3. The van der Waals surface area contributed by atoms with Gasteiger partial charge < -0.3 is 9.80 Å². The van der Waals surface area contributed by atoms with Crippen LogP contribution in [0.3, 0.4) is 0 Å². The van der Waals surface area contributed by atoms with Crippen molar-refractivity contribution in [2.24, 2.45) is 0 Å². The van der Waals surface area contributed by atoms with E-state index in [2.05, 4.69) is 50.8 Å². The molecule has 1 aromatic rings. The first-order valence-electron chi connectivity index (χ1n) is 7.07. The summed E-state index contributed by atoms with van der Waals surface area (Å²) in [5.41, 5.74) is 2.48. The van der Waals surface area contributed by atoms with Crippen LogP contribution in [0.4, 0.5) is 5.69 Å². The number of nitrogens with zero attached hydrogens (tertiary/aromatic N) is 3. The number of hydrogen-bond acceptors (Lipinski definition) is 3. The number of alkyl halides is 1. The fourth-order valence-electron chi connectivity index (χ4n) is 2.56. The maximum atomic E-state index is 6.40. The lowest BCUT2D eigenvalue weighted by atomic mass is 10.1. The lowest BCUT2D eigenvalue weighted by Crippen LogP contribution is -2.48. The van der Waals surface area contributed by atoms with Crippen LogP contribution in [0, 0.1) is 0 Å². The first-order chi connectivity index (χ1) is 9.61. The molecule has 0 amide bonds. The summed E-state index contributed by atoms with van der Waals surface area (Å²) in [6.07, 6.45) is 0. The minimum absolute atomic E-state index is 0.851. The van der Waals surface area contributed by atoms with E-state index < -0.39 is 0 Å². The molecule has 1 saturated heterocycles.